The predicted octanol–water partition coefficient (Wildman–Crippen LogP) is 2.83. The molecular weight excluding hydrogens is 236 g/mol. The average Bonchev–Trinajstić information content (AvgIpc) is 3.18. The molecule has 19 heavy (non-hydrogen) atoms. The van der Waals surface area contributed by atoms with Gasteiger partial charge in [-0.2, -0.15) is 0 Å². The Morgan fingerprint density at radius 3 is 2.21 bits per heavy atom. The Morgan fingerprint density at radius 2 is 1.63 bits per heavy atom. The third-order valence-corrected chi connectivity index (χ3v) is 5.35. The highest BCUT2D eigenvalue weighted by Gasteiger charge is 2.44. The van der Waals surface area contributed by atoms with E-state index in [0.29, 0.717) is 6.04 Å². The molecule has 3 heteroatoms. The van der Waals surface area contributed by atoms with Gasteiger partial charge in [0.1, 0.15) is 0 Å². The van der Waals surface area contributed by atoms with Crippen LogP contribution in [0.4, 0.5) is 0 Å². The summed E-state index contributed by atoms with van der Waals surface area (Å²) in [6, 6.07) is 0.524. The Hall–Kier alpha value is -0.570. The van der Waals surface area contributed by atoms with Gasteiger partial charge in [0, 0.05) is 12.6 Å². The van der Waals surface area contributed by atoms with Crippen LogP contribution in [-0.2, 0) is 4.79 Å². The number of rotatable bonds is 4. The summed E-state index contributed by atoms with van der Waals surface area (Å²) in [5.41, 5.74) is 5.87. The van der Waals surface area contributed by atoms with Crippen LogP contribution in [0.25, 0.3) is 0 Å². The largest absolute Gasteiger partial charge is 0.338 e. The van der Waals surface area contributed by atoms with Crippen molar-refractivity contribution in [1.82, 2.24) is 4.90 Å². The summed E-state index contributed by atoms with van der Waals surface area (Å²) in [7, 11) is 0. The topological polar surface area (TPSA) is 46.3 Å². The van der Waals surface area contributed by atoms with Crippen molar-refractivity contribution in [1.29, 1.82) is 0 Å². The van der Waals surface area contributed by atoms with Crippen molar-refractivity contribution in [3.8, 4) is 0 Å². The lowest BCUT2D eigenvalue weighted by Gasteiger charge is -2.35. The van der Waals surface area contributed by atoms with Crippen LogP contribution >= 0.6 is 0 Å². The van der Waals surface area contributed by atoms with E-state index < -0.39 is 5.54 Å². The Balaban J connectivity index is 1.64. The molecule has 0 bridgehead atoms. The normalized spacial score (nSPS) is 27.4. The minimum Gasteiger partial charge on any atom is -0.338 e. The van der Waals surface area contributed by atoms with E-state index in [-0.39, 0.29) is 5.91 Å². The number of nitrogens with zero attached hydrogens (tertiary/aromatic N) is 1. The molecule has 3 saturated carbocycles. The van der Waals surface area contributed by atoms with Gasteiger partial charge in [0.25, 0.3) is 0 Å². The third-order valence-electron chi connectivity index (χ3n) is 5.35. The Morgan fingerprint density at radius 1 is 1.00 bits per heavy atom. The van der Waals surface area contributed by atoms with Crippen molar-refractivity contribution in [2.75, 3.05) is 6.54 Å². The average molecular weight is 264 g/mol. The smallest absolute Gasteiger partial charge is 0.242 e. The number of hydrogen-bond donors (Lipinski definition) is 1. The maximum absolute atomic E-state index is 12.8. The first kappa shape index (κ1) is 13.4. The predicted molar refractivity (Wildman–Crippen MR) is 76.7 cm³/mol. The van der Waals surface area contributed by atoms with Gasteiger partial charge in [0.2, 0.25) is 5.91 Å². The Bertz CT molecular complexity index is 326. The van der Waals surface area contributed by atoms with Gasteiger partial charge >= 0.3 is 0 Å². The van der Waals surface area contributed by atoms with Gasteiger partial charge in [-0.3, -0.25) is 4.79 Å². The first-order valence-electron chi connectivity index (χ1n) is 8.29. The molecule has 0 saturated heterocycles. The van der Waals surface area contributed by atoms with Gasteiger partial charge in [0.15, 0.2) is 0 Å². The highest BCUT2D eigenvalue weighted by atomic mass is 16.2. The van der Waals surface area contributed by atoms with Gasteiger partial charge in [-0.15, -0.1) is 0 Å². The SMILES string of the molecule is NC1(C(=O)N(CC2CCCCC2)C2CC2)CCCC1. The molecular formula is C16H28N2O. The minimum atomic E-state index is -0.517. The van der Waals surface area contributed by atoms with Crippen LogP contribution in [0.5, 0.6) is 0 Å². The molecule has 0 unspecified atom stereocenters. The van der Waals surface area contributed by atoms with Crippen LogP contribution in [0.1, 0.15) is 70.6 Å². The van der Waals surface area contributed by atoms with E-state index in [1.54, 1.807) is 0 Å². The molecule has 3 fully saturated rings. The van der Waals surface area contributed by atoms with Gasteiger partial charge < -0.3 is 10.6 Å². The van der Waals surface area contributed by atoms with E-state index >= 15 is 0 Å². The van der Waals surface area contributed by atoms with Gasteiger partial charge in [-0.1, -0.05) is 32.1 Å². The first-order chi connectivity index (χ1) is 9.19. The molecule has 3 nitrogen and oxygen atoms in total. The molecule has 3 aliphatic rings. The molecule has 0 aromatic rings. The zero-order valence-electron chi connectivity index (χ0n) is 12.1. The highest BCUT2D eigenvalue weighted by Crippen LogP contribution is 2.36. The second-order valence-corrected chi connectivity index (χ2v) is 7.06. The lowest BCUT2D eigenvalue weighted by molar-refractivity contribution is -0.138. The molecule has 108 valence electrons. The van der Waals surface area contributed by atoms with E-state index in [2.05, 4.69) is 4.90 Å². The zero-order chi connectivity index (χ0) is 13.3. The summed E-state index contributed by atoms with van der Waals surface area (Å²) >= 11 is 0. The van der Waals surface area contributed by atoms with E-state index in [4.69, 9.17) is 5.73 Å². The molecule has 0 atom stereocenters. The number of carbonyl (C=O) groups is 1. The second kappa shape index (κ2) is 5.43. The summed E-state index contributed by atoms with van der Waals surface area (Å²) < 4.78 is 0. The molecule has 3 rings (SSSR count). The van der Waals surface area contributed by atoms with Crippen LogP contribution in [0.15, 0.2) is 0 Å². The van der Waals surface area contributed by atoms with E-state index in [1.807, 2.05) is 0 Å². The molecule has 0 aromatic heterocycles. The molecule has 0 aromatic carbocycles. The van der Waals surface area contributed by atoms with Crippen LogP contribution < -0.4 is 5.73 Å². The van der Waals surface area contributed by atoms with Crippen molar-refractivity contribution >= 4 is 5.91 Å². The van der Waals surface area contributed by atoms with Crippen molar-refractivity contribution < 1.29 is 4.79 Å². The monoisotopic (exact) mass is 264 g/mol. The fraction of sp³-hybridized carbons (Fsp3) is 0.938. The fourth-order valence-corrected chi connectivity index (χ4v) is 3.94. The van der Waals surface area contributed by atoms with E-state index in [0.717, 1.165) is 38.1 Å². The van der Waals surface area contributed by atoms with Crippen molar-refractivity contribution in [3.05, 3.63) is 0 Å². The van der Waals surface area contributed by atoms with Gasteiger partial charge in [0.05, 0.1) is 5.54 Å². The maximum atomic E-state index is 12.8. The van der Waals surface area contributed by atoms with E-state index in [9.17, 15) is 4.79 Å². The standard InChI is InChI=1S/C16H28N2O/c17-16(10-4-5-11-16)15(19)18(14-8-9-14)12-13-6-2-1-3-7-13/h13-14H,1-12,17H2. The molecule has 0 heterocycles. The number of nitrogens with two attached hydrogens (primary N) is 1. The minimum absolute atomic E-state index is 0.276. The first-order valence-corrected chi connectivity index (χ1v) is 8.29. The summed E-state index contributed by atoms with van der Waals surface area (Å²) in [6.45, 7) is 0.989. The molecule has 0 radical (unpaired) electrons. The number of carbonyl (C=O) groups excluding carboxylic acids is 1. The summed E-state index contributed by atoms with van der Waals surface area (Å²) in [6.07, 6.45) is 13.2. The highest BCUT2D eigenvalue weighted by molar-refractivity contribution is 5.87. The molecule has 1 amide bonds. The molecule has 0 spiro atoms. The van der Waals surface area contributed by atoms with Gasteiger partial charge in [-0.05, 0) is 44.4 Å². The summed E-state index contributed by atoms with van der Waals surface area (Å²) in [5.74, 6) is 1.02. The molecule has 2 N–H and O–H groups in total. The lowest BCUT2D eigenvalue weighted by atomic mass is 9.88. The molecule has 3 aliphatic carbocycles. The lowest BCUT2D eigenvalue weighted by Crippen LogP contribution is -2.55. The van der Waals surface area contributed by atoms with Crippen LogP contribution in [-0.4, -0.2) is 28.9 Å². The molecule has 0 aliphatic heterocycles. The number of hydrogen-bond acceptors (Lipinski definition) is 2. The van der Waals surface area contributed by atoms with Crippen molar-refractivity contribution in [2.24, 2.45) is 11.7 Å². The van der Waals surface area contributed by atoms with Gasteiger partial charge in [-0.25, -0.2) is 0 Å². The number of amides is 1. The second-order valence-electron chi connectivity index (χ2n) is 7.06. The van der Waals surface area contributed by atoms with Crippen LogP contribution in [0.2, 0.25) is 0 Å². The Labute approximate surface area is 116 Å². The van der Waals surface area contributed by atoms with E-state index in [1.165, 1.54) is 44.9 Å². The summed E-state index contributed by atoms with van der Waals surface area (Å²) in [5, 5.41) is 0. The van der Waals surface area contributed by atoms with Crippen LogP contribution in [0.3, 0.4) is 0 Å². The summed E-state index contributed by atoms with van der Waals surface area (Å²) in [4.78, 5) is 15.0. The maximum Gasteiger partial charge on any atom is 0.242 e. The quantitative estimate of drug-likeness (QED) is 0.848. The van der Waals surface area contributed by atoms with Crippen molar-refractivity contribution in [3.63, 3.8) is 0 Å². The third kappa shape index (κ3) is 2.96. The zero-order valence-corrected chi connectivity index (χ0v) is 12.1. The fourth-order valence-electron chi connectivity index (χ4n) is 3.94. The van der Waals surface area contributed by atoms with Crippen LogP contribution in [0, 0.1) is 5.92 Å². The van der Waals surface area contributed by atoms with Crippen molar-refractivity contribution in [2.45, 2.75) is 82.2 Å². The Kier molecular flexibility index (Phi) is 3.84.